The van der Waals surface area contributed by atoms with E-state index in [1.165, 1.54) is 11.1 Å². The Hall–Kier alpha value is -1.61. The molecule has 2 atom stereocenters. The Bertz CT molecular complexity index is 736. The normalized spacial score (nSPS) is 13.9. The Morgan fingerprint density at radius 2 is 1.03 bits per heavy atom. The van der Waals surface area contributed by atoms with Gasteiger partial charge in [-0.3, -0.25) is 0 Å². The summed E-state index contributed by atoms with van der Waals surface area (Å²) in [6, 6.07) is 18.9. The molecule has 0 spiro atoms. The molecule has 2 radical (unpaired) electrons. The highest BCUT2D eigenvalue weighted by atomic mass is 28.3. The van der Waals surface area contributed by atoms with Gasteiger partial charge in [0.15, 0.2) is 0 Å². The zero-order chi connectivity index (χ0) is 24.4. The van der Waals surface area contributed by atoms with Crippen molar-refractivity contribution in [2.24, 2.45) is 0 Å². The molecule has 2 aromatic carbocycles. The van der Waals surface area contributed by atoms with Crippen LogP contribution < -0.4 is 9.47 Å². The summed E-state index contributed by atoms with van der Waals surface area (Å²) < 4.78 is 11.8. The zero-order valence-corrected chi connectivity index (χ0v) is 23.2. The van der Waals surface area contributed by atoms with E-state index in [0.717, 1.165) is 36.4 Å². The first kappa shape index (κ1) is 27.6. The Balaban J connectivity index is 1.85. The summed E-state index contributed by atoms with van der Waals surface area (Å²) in [6.45, 7) is 14.0. The number of hydrogen-bond donors (Lipinski definition) is 2. The maximum absolute atomic E-state index is 9.63. The van der Waals surface area contributed by atoms with E-state index in [-0.39, 0.29) is 16.9 Å². The molecule has 2 aromatic rings. The van der Waals surface area contributed by atoms with Crippen LogP contribution in [-0.4, -0.2) is 52.5 Å². The number of hydrogen-bond acceptors (Lipinski definition) is 4. The number of benzene rings is 2. The first-order valence-corrected chi connectivity index (χ1v) is 16.7. The van der Waals surface area contributed by atoms with Gasteiger partial charge in [0.2, 0.25) is 0 Å². The molecule has 2 N–H and O–H groups in total. The number of rotatable bonds is 14. The molecule has 6 heteroatoms. The third-order valence-electron chi connectivity index (χ3n) is 6.55. The van der Waals surface area contributed by atoms with Crippen molar-refractivity contribution in [2.75, 3.05) is 13.2 Å². The fourth-order valence-corrected chi connectivity index (χ4v) is 5.84. The standard InChI is InChI=1S/C27H42O4Si2/c1-21(28)32(5)19-7-17-30-25-13-9-23(10-14-25)27(3,4)24-11-15-26(16-12-24)31-18-8-20-33(6)22(2)29/h9-16,21-22,28-29H,7-8,17-20H2,1-6H3. The number of ether oxygens (including phenoxy) is 2. The van der Waals surface area contributed by atoms with Gasteiger partial charge in [-0.05, 0) is 62.1 Å². The molecule has 0 fully saturated rings. The Morgan fingerprint density at radius 3 is 1.33 bits per heavy atom. The van der Waals surface area contributed by atoms with E-state index < -0.39 is 17.6 Å². The summed E-state index contributed by atoms with van der Waals surface area (Å²) in [6.07, 6.45) is 1.97. The van der Waals surface area contributed by atoms with Crippen LogP contribution in [0.4, 0.5) is 0 Å². The maximum atomic E-state index is 9.63. The smallest absolute Gasteiger partial charge is 0.119 e. The summed E-state index contributed by atoms with van der Waals surface area (Å²) in [5, 5.41) is 19.3. The van der Waals surface area contributed by atoms with E-state index in [9.17, 15) is 10.2 Å². The molecule has 0 saturated heterocycles. The lowest BCUT2D eigenvalue weighted by Crippen LogP contribution is -2.24. The van der Waals surface area contributed by atoms with Gasteiger partial charge in [-0.2, -0.15) is 0 Å². The van der Waals surface area contributed by atoms with Crippen molar-refractivity contribution in [3.63, 3.8) is 0 Å². The van der Waals surface area contributed by atoms with Gasteiger partial charge in [0.05, 0.1) is 30.8 Å². The molecule has 2 unspecified atom stereocenters. The molecular weight excluding hydrogens is 444 g/mol. The van der Waals surface area contributed by atoms with Crippen molar-refractivity contribution in [2.45, 2.75) is 82.6 Å². The van der Waals surface area contributed by atoms with Crippen molar-refractivity contribution in [3.05, 3.63) is 59.7 Å². The second-order valence-corrected chi connectivity index (χ2v) is 15.7. The fraction of sp³-hybridized carbons (Fsp3) is 0.556. The lowest BCUT2D eigenvalue weighted by atomic mass is 9.78. The molecule has 0 saturated carbocycles. The van der Waals surface area contributed by atoms with Gasteiger partial charge in [0.1, 0.15) is 11.5 Å². The van der Waals surface area contributed by atoms with Crippen LogP contribution in [0.3, 0.4) is 0 Å². The van der Waals surface area contributed by atoms with Crippen molar-refractivity contribution < 1.29 is 19.7 Å². The van der Waals surface area contributed by atoms with Crippen molar-refractivity contribution in [1.29, 1.82) is 0 Å². The molecule has 0 aliphatic carbocycles. The molecule has 0 amide bonds. The summed E-state index contributed by atoms with van der Waals surface area (Å²) >= 11 is 0. The SMILES string of the molecule is CC(O)[Si](C)CCCOc1ccc(C(C)(C)c2ccc(OCCC[Si](C)C(C)O)cc2)cc1. The van der Waals surface area contributed by atoms with Crippen LogP contribution in [0.1, 0.15) is 51.7 Å². The maximum Gasteiger partial charge on any atom is 0.119 e. The Kier molecular flexibility index (Phi) is 11.2. The molecule has 0 heterocycles. The summed E-state index contributed by atoms with van der Waals surface area (Å²) in [4.78, 5) is 0. The van der Waals surface area contributed by atoms with Gasteiger partial charge in [0, 0.05) is 16.9 Å². The van der Waals surface area contributed by atoms with E-state index in [1.54, 1.807) is 0 Å². The highest BCUT2D eigenvalue weighted by Gasteiger charge is 2.23. The van der Waals surface area contributed by atoms with Gasteiger partial charge in [-0.1, -0.05) is 63.3 Å². The predicted octanol–water partition coefficient (Wildman–Crippen LogP) is 5.64. The summed E-state index contributed by atoms with van der Waals surface area (Å²) in [7, 11) is -1.35. The minimum Gasteiger partial charge on any atom is -0.494 e. The zero-order valence-electron chi connectivity index (χ0n) is 21.2. The van der Waals surface area contributed by atoms with Crippen LogP contribution in [-0.2, 0) is 5.41 Å². The summed E-state index contributed by atoms with van der Waals surface area (Å²) in [5.74, 6) is 1.79. The van der Waals surface area contributed by atoms with Crippen LogP contribution in [0, 0.1) is 0 Å². The van der Waals surface area contributed by atoms with E-state index in [1.807, 2.05) is 13.8 Å². The molecule has 0 aliphatic heterocycles. The molecule has 0 aromatic heterocycles. The van der Waals surface area contributed by atoms with E-state index >= 15 is 0 Å². The second kappa shape index (κ2) is 13.3. The fourth-order valence-electron chi connectivity index (χ4n) is 3.60. The molecular formula is C27H42O4Si2. The van der Waals surface area contributed by atoms with E-state index in [0.29, 0.717) is 13.2 Å². The average Bonchev–Trinajstić information content (AvgIpc) is 2.79. The lowest BCUT2D eigenvalue weighted by molar-refractivity contribution is 0.265. The Morgan fingerprint density at radius 1 is 0.697 bits per heavy atom. The van der Waals surface area contributed by atoms with Gasteiger partial charge in [-0.25, -0.2) is 0 Å². The minimum atomic E-state index is -0.674. The van der Waals surface area contributed by atoms with Gasteiger partial charge < -0.3 is 19.7 Å². The molecule has 0 aliphatic rings. The van der Waals surface area contributed by atoms with Crippen molar-refractivity contribution in [3.8, 4) is 11.5 Å². The largest absolute Gasteiger partial charge is 0.494 e. The van der Waals surface area contributed by atoms with Crippen LogP contribution >= 0.6 is 0 Å². The first-order valence-electron chi connectivity index (χ1n) is 12.1. The quantitative estimate of drug-likeness (QED) is 0.268. The van der Waals surface area contributed by atoms with Gasteiger partial charge in [-0.15, -0.1) is 0 Å². The molecule has 0 bridgehead atoms. The van der Waals surface area contributed by atoms with Gasteiger partial charge >= 0.3 is 0 Å². The van der Waals surface area contributed by atoms with Crippen LogP contribution in [0.2, 0.25) is 25.2 Å². The van der Waals surface area contributed by atoms with Crippen molar-refractivity contribution in [1.82, 2.24) is 0 Å². The highest BCUT2D eigenvalue weighted by Crippen LogP contribution is 2.33. The molecule has 4 nitrogen and oxygen atoms in total. The van der Waals surface area contributed by atoms with Crippen molar-refractivity contribution >= 4 is 17.6 Å². The first-order chi connectivity index (χ1) is 15.6. The third-order valence-corrected chi connectivity index (χ3v) is 11.7. The summed E-state index contributed by atoms with van der Waals surface area (Å²) in [5.41, 5.74) is 2.04. The monoisotopic (exact) mass is 486 g/mol. The highest BCUT2D eigenvalue weighted by molar-refractivity contribution is 6.58. The Labute approximate surface area is 204 Å². The molecule has 2 rings (SSSR count). The van der Waals surface area contributed by atoms with Gasteiger partial charge in [0.25, 0.3) is 0 Å². The van der Waals surface area contributed by atoms with Crippen LogP contribution in [0.25, 0.3) is 0 Å². The average molecular weight is 487 g/mol. The minimum absolute atomic E-state index is 0.120. The predicted molar refractivity (Wildman–Crippen MR) is 141 cm³/mol. The molecule has 33 heavy (non-hydrogen) atoms. The number of aliphatic hydroxyl groups excluding tert-OH is 2. The second-order valence-electron chi connectivity index (χ2n) is 9.62. The van der Waals surface area contributed by atoms with E-state index in [4.69, 9.17) is 9.47 Å². The van der Waals surface area contributed by atoms with Crippen LogP contribution in [0.15, 0.2) is 48.5 Å². The molecule has 182 valence electrons. The lowest BCUT2D eigenvalue weighted by Gasteiger charge is -2.26. The topological polar surface area (TPSA) is 58.9 Å². The number of aliphatic hydroxyl groups is 2. The van der Waals surface area contributed by atoms with E-state index in [2.05, 4.69) is 75.5 Å². The van der Waals surface area contributed by atoms with Crippen LogP contribution in [0.5, 0.6) is 11.5 Å². The third kappa shape index (κ3) is 8.93.